The van der Waals surface area contributed by atoms with Crippen molar-refractivity contribution in [1.29, 1.82) is 0 Å². The molecule has 5 rings (SSSR count). The molecule has 10 heteroatoms. The highest BCUT2D eigenvalue weighted by Gasteiger charge is 2.32. The highest BCUT2D eigenvalue weighted by Crippen LogP contribution is 2.34. The first-order chi connectivity index (χ1) is 14.6. The van der Waals surface area contributed by atoms with Gasteiger partial charge in [0.05, 0.1) is 10.2 Å². The van der Waals surface area contributed by atoms with E-state index >= 15 is 0 Å². The predicted molar refractivity (Wildman–Crippen MR) is 110 cm³/mol. The van der Waals surface area contributed by atoms with Gasteiger partial charge in [0.1, 0.15) is 0 Å². The van der Waals surface area contributed by atoms with E-state index in [0.29, 0.717) is 34.4 Å². The van der Waals surface area contributed by atoms with Crippen molar-refractivity contribution >= 4 is 50.2 Å². The third-order valence-corrected chi connectivity index (χ3v) is 5.77. The Morgan fingerprint density at radius 3 is 2.70 bits per heavy atom. The molecule has 4 amide bonds. The van der Waals surface area contributed by atoms with Gasteiger partial charge in [0, 0.05) is 25.1 Å². The standard InChI is InChI=1S/C20H16N4O5S/c25-17-5-6-18(26)24(17)20-23-13-3-2-12(8-16(13)30-20)22-19(27)21-9-11-1-4-14-15(7-11)29-10-28-14/h1-4,7-8H,5-6,9-10H2,(H2,21,22,27). The van der Waals surface area contributed by atoms with E-state index in [9.17, 15) is 14.4 Å². The van der Waals surface area contributed by atoms with Crippen molar-refractivity contribution in [3.8, 4) is 11.5 Å². The van der Waals surface area contributed by atoms with Crippen molar-refractivity contribution in [2.24, 2.45) is 0 Å². The van der Waals surface area contributed by atoms with Crippen LogP contribution in [0.2, 0.25) is 0 Å². The number of nitrogens with zero attached hydrogens (tertiary/aromatic N) is 2. The van der Waals surface area contributed by atoms with Crippen LogP contribution >= 0.6 is 11.3 Å². The summed E-state index contributed by atoms with van der Waals surface area (Å²) in [6.45, 7) is 0.531. The molecule has 2 N–H and O–H groups in total. The average Bonchev–Trinajstić information content (AvgIpc) is 3.44. The molecule has 1 fully saturated rings. The molecular weight excluding hydrogens is 408 g/mol. The smallest absolute Gasteiger partial charge is 0.319 e. The average molecular weight is 424 g/mol. The number of hydrogen-bond acceptors (Lipinski definition) is 7. The number of aromatic nitrogens is 1. The molecule has 2 aliphatic heterocycles. The van der Waals surface area contributed by atoms with Gasteiger partial charge in [0.25, 0.3) is 0 Å². The molecule has 2 aromatic carbocycles. The van der Waals surface area contributed by atoms with Crippen LogP contribution < -0.4 is 25.0 Å². The lowest BCUT2D eigenvalue weighted by Gasteiger charge is -2.08. The van der Waals surface area contributed by atoms with Gasteiger partial charge in [-0.15, -0.1) is 0 Å². The maximum absolute atomic E-state index is 12.3. The van der Waals surface area contributed by atoms with E-state index in [1.54, 1.807) is 18.2 Å². The zero-order valence-corrected chi connectivity index (χ0v) is 16.5. The highest BCUT2D eigenvalue weighted by molar-refractivity contribution is 7.22. The summed E-state index contributed by atoms with van der Waals surface area (Å²) in [6.07, 6.45) is 0.427. The second-order valence-corrected chi connectivity index (χ2v) is 7.81. The minimum Gasteiger partial charge on any atom is -0.454 e. The summed E-state index contributed by atoms with van der Waals surface area (Å²) < 4.78 is 11.4. The van der Waals surface area contributed by atoms with E-state index in [4.69, 9.17) is 9.47 Å². The molecule has 0 aliphatic carbocycles. The minimum absolute atomic E-state index is 0.203. The molecule has 152 valence electrons. The molecule has 1 saturated heterocycles. The molecule has 2 aliphatic rings. The van der Waals surface area contributed by atoms with Crippen LogP contribution in [0.25, 0.3) is 10.2 Å². The van der Waals surface area contributed by atoms with E-state index in [1.807, 2.05) is 18.2 Å². The first-order valence-electron chi connectivity index (χ1n) is 9.26. The van der Waals surface area contributed by atoms with Crippen LogP contribution in [0.3, 0.4) is 0 Å². The van der Waals surface area contributed by atoms with Crippen molar-refractivity contribution in [2.75, 3.05) is 17.0 Å². The molecular formula is C20H16N4O5S. The Labute approximate surface area is 174 Å². The summed E-state index contributed by atoms with van der Waals surface area (Å²) in [7, 11) is 0. The summed E-state index contributed by atoms with van der Waals surface area (Å²) in [5, 5.41) is 5.93. The quantitative estimate of drug-likeness (QED) is 0.623. The molecule has 0 unspecified atom stereocenters. The molecule has 0 radical (unpaired) electrons. The van der Waals surface area contributed by atoms with Gasteiger partial charge in [-0.25, -0.2) is 14.7 Å². The normalized spacial score (nSPS) is 15.1. The van der Waals surface area contributed by atoms with E-state index in [0.717, 1.165) is 15.2 Å². The molecule has 30 heavy (non-hydrogen) atoms. The molecule has 1 aromatic heterocycles. The fraction of sp³-hybridized carbons (Fsp3) is 0.200. The van der Waals surface area contributed by atoms with Crippen molar-refractivity contribution in [3.05, 3.63) is 42.0 Å². The van der Waals surface area contributed by atoms with Gasteiger partial charge in [-0.2, -0.15) is 0 Å². The zero-order valence-electron chi connectivity index (χ0n) is 15.6. The second-order valence-electron chi connectivity index (χ2n) is 6.80. The van der Waals surface area contributed by atoms with Gasteiger partial charge >= 0.3 is 6.03 Å². The Kier molecular flexibility index (Phi) is 4.47. The van der Waals surface area contributed by atoms with Crippen LogP contribution in [0.1, 0.15) is 18.4 Å². The number of hydrogen-bond donors (Lipinski definition) is 2. The number of fused-ring (bicyclic) bond motifs is 2. The number of ether oxygens (including phenoxy) is 2. The molecule has 0 spiro atoms. The third-order valence-electron chi connectivity index (χ3n) is 4.77. The lowest BCUT2D eigenvalue weighted by molar-refractivity contribution is -0.121. The molecule has 9 nitrogen and oxygen atoms in total. The van der Waals surface area contributed by atoms with Crippen LogP contribution in [-0.4, -0.2) is 29.6 Å². The maximum Gasteiger partial charge on any atom is 0.319 e. The summed E-state index contributed by atoms with van der Waals surface area (Å²) in [5.74, 6) is 0.884. The van der Waals surface area contributed by atoms with Crippen LogP contribution in [0.4, 0.5) is 15.6 Å². The topological polar surface area (TPSA) is 110 Å². The molecule has 0 bridgehead atoms. The first kappa shape index (κ1) is 18.4. The second kappa shape index (κ2) is 7.30. The molecule has 0 atom stereocenters. The van der Waals surface area contributed by atoms with Gasteiger partial charge in [-0.3, -0.25) is 9.59 Å². The number of imide groups is 1. The van der Waals surface area contributed by atoms with Gasteiger partial charge < -0.3 is 20.1 Å². The first-order valence-corrected chi connectivity index (χ1v) is 10.1. The number of nitrogens with one attached hydrogen (secondary N) is 2. The van der Waals surface area contributed by atoms with Gasteiger partial charge in [-0.1, -0.05) is 17.4 Å². The van der Waals surface area contributed by atoms with Gasteiger partial charge in [0.15, 0.2) is 16.6 Å². The number of urea groups is 1. The van der Waals surface area contributed by atoms with E-state index in [-0.39, 0.29) is 37.5 Å². The summed E-state index contributed by atoms with van der Waals surface area (Å²) in [6, 6.07) is 10.4. The lowest BCUT2D eigenvalue weighted by atomic mass is 10.2. The molecule has 3 aromatic rings. The van der Waals surface area contributed by atoms with Crippen LogP contribution in [-0.2, 0) is 16.1 Å². The monoisotopic (exact) mass is 424 g/mol. The third kappa shape index (κ3) is 3.41. The summed E-state index contributed by atoms with van der Waals surface area (Å²) >= 11 is 1.24. The van der Waals surface area contributed by atoms with Crippen molar-refractivity contribution in [2.45, 2.75) is 19.4 Å². The Hall–Kier alpha value is -3.66. The summed E-state index contributed by atoms with van der Waals surface area (Å²) in [4.78, 5) is 41.6. The number of benzene rings is 2. The number of carbonyl (C=O) groups excluding carboxylic acids is 3. The van der Waals surface area contributed by atoms with Crippen molar-refractivity contribution in [3.63, 3.8) is 0 Å². The maximum atomic E-state index is 12.3. The van der Waals surface area contributed by atoms with Crippen LogP contribution in [0, 0.1) is 0 Å². The number of carbonyl (C=O) groups is 3. The van der Waals surface area contributed by atoms with Crippen molar-refractivity contribution < 1.29 is 23.9 Å². The molecule has 3 heterocycles. The Morgan fingerprint density at radius 2 is 1.87 bits per heavy atom. The zero-order chi connectivity index (χ0) is 20.7. The number of rotatable bonds is 4. The highest BCUT2D eigenvalue weighted by atomic mass is 32.1. The van der Waals surface area contributed by atoms with Gasteiger partial charge in [0.2, 0.25) is 18.6 Å². The fourth-order valence-electron chi connectivity index (χ4n) is 3.28. The Bertz CT molecular complexity index is 1180. The van der Waals surface area contributed by atoms with E-state index < -0.39 is 0 Å². The number of thiazole rings is 1. The largest absolute Gasteiger partial charge is 0.454 e. The van der Waals surface area contributed by atoms with Crippen LogP contribution in [0.15, 0.2) is 36.4 Å². The summed E-state index contributed by atoms with van der Waals surface area (Å²) in [5.41, 5.74) is 2.13. The minimum atomic E-state index is -0.360. The predicted octanol–water partition coefficient (Wildman–Crippen LogP) is 3.00. The number of amides is 4. The van der Waals surface area contributed by atoms with E-state index in [1.165, 1.54) is 11.3 Å². The van der Waals surface area contributed by atoms with Crippen LogP contribution in [0.5, 0.6) is 11.5 Å². The lowest BCUT2D eigenvalue weighted by Crippen LogP contribution is -2.28. The van der Waals surface area contributed by atoms with E-state index in [2.05, 4.69) is 15.6 Å². The Balaban J connectivity index is 1.25. The van der Waals surface area contributed by atoms with Gasteiger partial charge in [-0.05, 0) is 35.9 Å². The Morgan fingerprint density at radius 1 is 1.07 bits per heavy atom. The number of anilines is 2. The van der Waals surface area contributed by atoms with Crippen molar-refractivity contribution in [1.82, 2.24) is 10.3 Å². The SMILES string of the molecule is O=C(NCc1ccc2c(c1)OCO2)Nc1ccc2nc(N3C(=O)CCC3=O)sc2c1. The fourth-order valence-corrected chi connectivity index (χ4v) is 4.32. The molecule has 0 saturated carbocycles.